The number of ether oxygens (including phenoxy) is 4. The second-order valence-corrected chi connectivity index (χ2v) is 7.87. The number of hydrogen-bond acceptors (Lipinski definition) is 8. The minimum atomic E-state index is -0.936. The molecule has 4 rings (SSSR count). The number of nitrogens with zero attached hydrogens (tertiary/aromatic N) is 2. The first-order valence-electron chi connectivity index (χ1n) is 10.9. The van der Waals surface area contributed by atoms with Crippen LogP contribution in [0.5, 0.6) is 0 Å². The summed E-state index contributed by atoms with van der Waals surface area (Å²) in [7, 11) is 1.47. The van der Waals surface area contributed by atoms with Crippen LogP contribution in [0.4, 0.5) is 11.4 Å². The van der Waals surface area contributed by atoms with E-state index in [0.29, 0.717) is 5.76 Å². The van der Waals surface area contributed by atoms with Crippen LogP contribution in [0.25, 0.3) is 0 Å². The zero-order valence-corrected chi connectivity index (χ0v) is 18.9. The first kappa shape index (κ1) is 22.7. The van der Waals surface area contributed by atoms with Crippen molar-refractivity contribution in [1.29, 1.82) is 0 Å². The highest BCUT2D eigenvalue weighted by atomic mass is 16.7. The number of rotatable bonds is 6. The van der Waals surface area contributed by atoms with Crippen LogP contribution in [0.1, 0.15) is 13.8 Å². The van der Waals surface area contributed by atoms with Crippen molar-refractivity contribution in [1.82, 2.24) is 0 Å². The monoisotopic (exact) mass is 452 g/mol. The molecule has 1 saturated heterocycles. The van der Waals surface area contributed by atoms with Crippen molar-refractivity contribution in [2.75, 3.05) is 30.0 Å². The molecule has 0 amide bonds. The first-order chi connectivity index (χ1) is 16.0. The highest BCUT2D eigenvalue weighted by Crippen LogP contribution is 2.36. The molecule has 2 aromatic rings. The molecule has 2 heterocycles. The number of carbonyl (C=O) groups is 2. The molecule has 2 aromatic carbocycles. The minimum absolute atomic E-state index is 0.316. The van der Waals surface area contributed by atoms with E-state index in [1.54, 1.807) is 6.08 Å². The smallest absolute Gasteiger partial charge is 0.303 e. The average molecular weight is 453 g/mol. The summed E-state index contributed by atoms with van der Waals surface area (Å²) in [6, 6.07) is 20.1. The van der Waals surface area contributed by atoms with Crippen LogP contribution >= 0.6 is 0 Å². The maximum absolute atomic E-state index is 11.8. The SMILES string of the molecule is COC1OC(C2N(c3ccccc3)CCN2c2ccccc2)=CC(OC(C)=O)C1OC(C)=O. The summed E-state index contributed by atoms with van der Waals surface area (Å²) in [5.74, 6) is -0.449. The lowest BCUT2D eigenvalue weighted by Crippen LogP contribution is -2.51. The zero-order chi connectivity index (χ0) is 23.4. The lowest BCUT2D eigenvalue weighted by molar-refractivity contribution is -0.216. The third-order valence-corrected chi connectivity index (χ3v) is 5.61. The Morgan fingerprint density at radius 1 is 0.848 bits per heavy atom. The van der Waals surface area contributed by atoms with E-state index in [4.69, 9.17) is 18.9 Å². The molecule has 174 valence electrons. The van der Waals surface area contributed by atoms with Gasteiger partial charge in [0.05, 0.1) is 0 Å². The number of hydrogen-bond donors (Lipinski definition) is 0. The van der Waals surface area contributed by atoms with Gasteiger partial charge in [0, 0.05) is 51.5 Å². The van der Waals surface area contributed by atoms with Crippen molar-refractivity contribution >= 4 is 23.3 Å². The van der Waals surface area contributed by atoms with E-state index in [2.05, 4.69) is 9.80 Å². The summed E-state index contributed by atoms with van der Waals surface area (Å²) < 4.78 is 22.7. The standard InChI is InChI=1S/C25H28N2O6/c1-17(28)31-21-16-22(33-25(30-3)23(21)32-18(2)29)24-26(19-10-6-4-7-11-19)14-15-27(24)20-12-8-5-9-13-20/h4-13,16,21,23-25H,14-15H2,1-3H3. The first-order valence-corrected chi connectivity index (χ1v) is 10.9. The van der Waals surface area contributed by atoms with Gasteiger partial charge in [-0.1, -0.05) is 36.4 Å². The van der Waals surface area contributed by atoms with Crippen molar-refractivity contribution in [3.05, 3.63) is 72.5 Å². The van der Waals surface area contributed by atoms with E-state index in [-0.39, 0.29) is 6.17 Å². The van der Waals surface area contributed by atoms with Gasteiger partial charge in [-0.3, -0.25) is 9.59 Å². The van der Waals surface area contributed by atoms with Crippen LogP contribution in [-0.4, -0.2) is 56.8 Å². The lowest BCUT2D eigenvalue weighted by atomic mass is 10.1. The summed E-state index contributed by atoms with van der Waals surface area (Å²) in [6.07, 6.45) is -1.31. The Morgan fingerprint density at radius 2 is 1.36 bits per heavy atom. The average Bonchev–Trinajstić information content (AvgIpc) is 3.26. The Hall–Kier alpha value is -3.52. The Labute approximate surface area is 193 Å². The molecule has 33 heavy (non-hydrogen) atoms. The predicted molar refractivity (Wildman–Crippen MR) is 122 cm³/mol. The molecule has 0 aliphatic carbocycles. The van der Waals surface area contributed by atoms with Gasteiger partial charge in [0.15, 0.2) is 12.3 Å². The second-order valence-electron chi connectivity index (χ2n) is 7.87. The maximum atomic E-state index is 11.8. The highest BCUT2D eigenvalue weighted by Gasteiger charge is 2.45. The van der Waals surface area contributed by atoms with E-state index in [1.807, 2.05) is 60.7 Å². The van der Waals surface area contributed by atoms with E-state index in [0.717, 1.165) is 24.5 Å². The normalized spacial score (nSPS) is 23.0. The molecule has 2 aliphatic heterocycles. The quantitative estimate of drug-likeness (QED) is 0.619. The molecule has 8 nitrogen and oxygen atoms in total. The van der Waals surface area contributed by atoms with Crippen molar-refractivity contribution in [3.63, 3.8) is 0 Å². The number of carbonyl (C=O) groups excluding carboxylic acids is 2. The van der Waals surface area contributed by atoms with Crippen LogP contribution in [0.2, 0.25) is 0 Å². The maximum Gasteiger partial charge on any atom is 0.303 e. The van der Waals surface area contributed by atoms with E-state index < -0.39 is 30.4 Å². The van der Waals surface area contributed by atoms with Crippen molar-refractivity contribution in [3.8, 4) is 0 Å². The zero-order valence-electron chi connectivity index (χ0n) is 18.9. The molecule has 0 saturated carbocycles. The molecule has 0 radical (unpaired) electrons. The molecule has 3 atom stereocenters. The van der Waals surface area contributed by atoms with Gasteiger partial charge in [-0.15, -0.1) is 0 Å². The summed E-state index contributed by atoms with van der Waals surface area (Å²) in [5, 5.41) is 0. The molecule has 0 aromatic heterocycles. The Bertz CT molecular complexity index is 949. The third-order valence-electron chi connectivity index (χ3n) is 5.61. The van der Waals surface area contributed by atoms with Gasteiger partial charge in [0.2, 0.25) is 12.4 Å². The van der Waals surface area contributed by atoms with E-state index in [1.165, 1.54) is 21.0 Å². The van der Waals surface area contributed by atoms with Crippen LogP contribution < -0.4 is 9.80 Å². The van der Waals surface area contributed by atoms with Gasteiger partial charge in [0.1, 0.15) is 5.76 Å². The fourth-order valence-electron chi connectivity index (χ4n) is 4.30. The summed E-state index contributed by atoms with van der Waals surface area (Å²) >= 11 is 0. The van der Waals surface area contributed by atoms with Gasteiger partial charge in [-0.05, 0) is 24.3 Å². The molecule has 8 heteroatoms. The largest absolute Gasteiger partial charge is 0.461 e. The Balaban J connectivity index is 1.76. The van der Waals surface area contributed by atoms with Crippen LogP contribution in [0, 0.1) is 0 Å². The highest BCUT2D eigenvalue weighted by molar-refractivity contribution is 5.68. The molecular weight excluding hydrogens is 424 g/mol. The fraction of sp³-hybridized carbons (Fsp3) is 0.360. The minimum Gasteiger partial charge on any atom is -0.461 e. The molecule has 1 fully saturated rings. The van der Waals surface area contributed by atoms with Gasteiger partial charge < -0.3 is 28.7 Å². The van der Waals surface area contributed by atoms with Crippen molar-refractivity contribution in [2.45, 2.75) is 38.5 Å². The summed E-state index contributed by atoms with van der Waals surface area (Å²) in [6.45, 7) is 4.13. The number of esters is 2. The number of benzene rings is 2. The summed E-state index contributed by atoms with van der Waals surface area (Å²) in [5.41, 5.74) is 2.07. The van der Waals surface area contributed by atoms with Gasteiger partial charge in [0.25, 0.3) is 0 Å². The topological polar surface area (TPSA) is 77.5 Å². The molecule has 0 spiro atoms. The number of methoxy groups -OCH3 is 1. The Morgan fingerprint density at radius 3 is 1.82 bits per heavy atom. The van der Waals surface area contributed by atoms with E-state index >= 15 is 0 Å². The molecule has 0 N–H and O–H groups in total. The van der Waals surface area contributed by atoms with Gasteiger partial charge >= 0.3 is 11.9 Å². The van der Waals surface area contributed by atoms with Gasteiger partial charge in [-0.25, -0.2) is 0 Å². The predicted octanol–water partition coefficient (Wildman–Crippen LogP) is 3.09. The number of para-hydroxylation sites is 2. The molecular formula is C25H28N2O6. The van der Waals surface area contributed by atoms with Gasteiger partial charge in [-0.2, -0.15) is 0 Å². The van der Waals surface area contributed by atoms with Crippen LogP contribution in [0.3, 0.4) is 0 Å². The number of anilines is 2. The summed E-state index contributed by atoms with van der Waals surface area (Å²) in [4.78, 5) is 28.0. The Kier molecular flexibility index (Phi) is 6.84. The van der Waals surface area contributed by atoms with Crippen LogP contribution in [0.15, 0.2) is 72.5 Å². The molecule has 0 bridgehead atoms. The molecule has 2 aliphatic rings. The fourth-order valence-corrected chi connectivity index (χ4v) is 4.30. The van der Waals surface area contributed by atoms with Crippen LogP contribution in [-0.2, 0) is 28.5 Å². The van der Waals surface area contributed by atoms with E-state index in [9.17, 15) is 9.59 Å². The van der Waals surface area contributed by atoms with Crippen molar-refractivity contribution in [2.24, 2.45) is 0 Å². The second kappa shape index (κ2) is 9.95. The molecule has 3 unspecified atom stereocenters. The van der Waals surface area contributed by atoms with Crippen molar-refractivity contribution < 1.29 is 28.5 Å². The third kappa shape index (κ3) is 4.96. The lowest BCUT2D eigenvalue weighted by Gasteiger charge is -2.40.